The highest BCUT2D eigenvalue weighted by Crippen LogP contribution is 2.51. The summed E-state index contributed by atoms with van der Waals surface area (Å²) in [5, 5.41) is 9.33. The van der Waals surface area contributed by atoms with Crippen molar-refractivity contribution in [3.8, 4) is 11.1 Å². The molecular weight excluding hydrogens is 428 g/mol. The van der Waals surface area contributed by atoms with Crippen molar-refractivity contribution in [1.82, 2.24) is 0 Å². The molecule has 180 valence electrons. The van der Waals surface area contributed by atoms with Crippen molar-refractivity contribution >= 4 is 23.0 Å². The maximum Gasteiger partial charge on any atom is 0.173 e. The van der Waals surface area contributed by atoms with Gasteiger partial charge >= 0.3 is 0 Å². The van der Waals surface area contributed by atoms with Crippen LogP contribution in [0.1, 0.15) is 55.5 Å². The van der Waals surface area contributed by atoms with E-state index in [0.717, 1.165) is 17.2 Å². The zero-order valence-corrected chi connectivity index (χ0v) is 22.2. The molecule has 0 amide bonds. The molecule has 0 bridgehead atoms. The van der Waals surface area contributed by atoms with Crippen molar-refractivity contribution in [2.75, 3.05) is 9.80 Å². The third kappa shape index (κ3) is 3.58. The zero-order valence-electron chi connectivity index (χ0n) is 22.2. The lowest BCUT2D eigenvalue weighted by Gasteiger charge is -2.36. The number of anilines is 2. The lowest BCUT2D eigenvalue weighted by atomic mass is 9.82. The van der Waals surface area contributed by atoms with Gasteiger partial charge in [0.15, 0.2) is 11.7 Å². The molecule has 1 atom stereocenters. The van der Waals surface area contributed by atoms with Gasteiger partial charge in [-0.2, -0.15) is 0 Å². The van der Waals surface area contributed by atoms with E-state index in [2.05, 4.69) is 120 Å². The molecule has 0 aromatic heterocycles. The number of aliphatic imine (C=N–C) groups is 1. The van der Waals surface area contributed by atoms with Gasteiger partial charge < -0.3 is 9.80 Å². The molecule has 2 heterocycles. The Kier molecular flexibility index (Phi) is 5.39. The molecule has 3 aromatic carbocycles. The molecule has 2 aliphatic rings. The summed E-state index contributed by atoms with van der Waals surface area (Å²) < 4.78 is 0. The summed E-state index contributed by atoms with van der Waals surface area (Å²) in [7, 11) is 0. The number of rotatable bonds is 3. The molecule has 2 aliphatic heterocycles. The van der Waals surface area contributed by atoms with Gasteiger partial charge in [-0.05, 0) is 98.7 Å². The van der Waals surface area contributed by atoms with E-state index in [1.54, 1.807) is 0 Å². The molecule has 0 radical (unpaired) electrons. The van der Waals surface area contributed by atoms with Gasteiger partial charge in [0.2, 0.25) is 0 Å². The minimum Gasteiger partial charge on any atom is -0.301 e. The summed E-state index contributed by atoms with van der Waals surface area (Å²) in [5.41, 5.74) is 10.8. The molecule has 4 nitrogen and oxygen atoms in total. The molecular formula is C31H36N4. The molecule has 1 fully saturated rings. The molecule has 4 heteroatoms. The predicted octanol–water partition coefficient (Wildman–Crippen LogP) is 7.32. The van der Waals surface area contributed by atoms with Crippen LogP contribution in [0.25, 0.3) is 11.1 Å². The molecule has 5 rings (SSSR count). The minimum absolute atomic E-state index is 0.0445. The molecule has 1 saturated heterocycles. The number of aryl methyl sites for hydroxylation is 4. The third-order valence-electron chi connectivity index (χ3n) is 7.40. The van der Waals surface area contributed by atoms with E-state index in [9.17, 15) is 5.41 Å². The van der Waals surface area contributed by atoms with Crippen LogP contribution in [-0.2, 0) is 5.41 Å². The largest absolute Gasteiger partial charge is 0.301 e. The second kappa shape index (κ2) is 8.08. The summed E-state index contributed by atoms with van der Waals surface area (Å²) in [6.07, 6.45) is -0.0445. The zero-order chi connectivity index (χ0) is 25.2. The molecule has 0 spiro atoms. The van der Waals surface area contributed by atoms with Crippen molar-refractivity contribution in [2.45, 2.75) is 73.0 Å². The van der Waals surface area contributed by atoms with Crippen LogP contribution >= 0.6 is 0 Å². The topological polar surface area (TPSA) is 42.7 Å². The summed E-state index contributed by atoms with van der Waals surface area (Å²) >= 11 is 0. The Labute approximate surface area is 209 Å². The van der Waals surface area contributed by atoms with Gasteiger partial charge in [0.1, 0.15) is 6.17 Å². The van der Waals surface area contributed by atoms with Crippen LogP contribution in [0.3, 0.4) is 0 Å². The van der Waals surface area contributed by atoms with Crippen molar-refractivity contribution in [1.29, 1.82) is 5.41 Å². The average molecular weight is 465 g/mol. The van der Waals surface area contributed by atoms with Gasteiger partial charge in [0.05, 0.1) is 0 Å². The maximum atomic E-state index is 9.33. The van der Waals surface area contributed by atoms with Crippen LogP contribution < -0.4 is 9.80 Å². The number of amidine groups is 2. The van der Waals surface area contributed by atoms with Crippen molar-refractivity contribution in [3.63, 3.8) is 0 Å². The first-order chi connectivity index (χ1) is 16.5. The number of nitrogens with one attached hydrogen (secondary N) is 1. The van der Waals surface area contributed by atoms with E-state index in [-0.39, 0.29) is 17.6 Å². The monoisotopic (exact) mass is 464 g/mol. The number of fused-ring (bicyclic) bond motifs is 3. The second-order valence-electron chi connectivity index (χ2n) is 11.1. The fraction of sp³-hybridized carbons (Fsp3) is 0.355. The quantitative estimate of drug-likeness (QED) is 0.441. The van der Waals surface area contributed by atoms with Gasteiger partial charge in [-0.15, -0.1) is 0 Å². The van der Waals surface area contributed by atoms with Crippen LogP contribution in [0.4, 0.5) is 11.4 Å². The summed E-state index contributed by atoms with van der Waals surface area (Å²) in [5.74, 6) is 1.24. The van der Waals surface area contributed by atoms with Gasteiger partial charge in [-0.25, -0.2) is 0 Å². The fourth-order valence-electron chi connectivity index (χ4n) is 6.03. The Bertz CT molecular complexity index is 1340. The van der Waals surface area contributed by atoms with E-state index in [0.29, 0.717) is 5.84 Å². The van der Waals surface area contributed by atoms with E-state index < -0.39 is 0 Å². The standard InChI is InChI=1S/C31H36N4/c1-18(2)33-29-28(32)35-26-17-23(27-21(5)10-9-11-22(27)6)12-13-25(26)31(7,8)30(35)34(29)24-15-19(3)14-20(4)16-24/h9-18,30,32H,1-8H3. The van der Waals surface area contributed by atoms with E-state index in [1.165, 1.54) is 38.9 Å². The first kappa shape index (κ1) is 23.3. The Morgan fingerprint density at radius 3 is 2.09 bits per heavy atom. The molecule has 0 saturated carbocycles. The Morgan fingerprint density at radius 1 is 0.857 bits per heavy atom. The highest BCUT2D eigenvalue weighted by molar-refractivity contribution is 6.52. The summed E-state index contributed by atoms with van der Waals surface area (Å²) in [4.78, 5) is 9.50. The Hall–Kier alpha value is -3.40. The highest BCUT2D eigenvalue weighted by atomic mass is 15.5. The lowest BCUT2D eigenvalue weighted by Crippen LogP contribution is -2.48. The van der Waals surface area contributed by atoms with E-state index in [4.69, 9.17) is 4.99 Å². The number of benzene rings is 3. The van der Waals surface area contributed by atoms with Gasteiger partial charge in [-0.1, -0.05) is 50.2 Å². The summed E-state index contributed by atoms with van der Waals surface area (Å²) in [6.45, 7) is 17.4. The second-order valence-corrected chi connectivity index (χ2v) is 11.1. The first-order valence-electron chi connectivity index (χ1n) is 12.6. The molecule has 35 heavy (non-hydrogen) atoms. The summed E-state index contributed by atoms with van der Waals surface area (Å²) in [6, 6.07) is 20.0. The van der Waals surface area contributed by atoms with Crippen molar-refractivity contribution < 1.29 is 0 Å². The van der Waals surface area contributed by atoms with Crippen LogP contribution in [-0.4, -0.2) is 23.9 Å². The molecule has 3 aromatic rings. The molecule has 0 aliphatic carbocycles. The Morgan fingerprint density at radius 2 is 1.49 bits per heavy atom. The van der Waals surface area contributed by atoms with Gasteiger partial charge in [-0.3, -0.25) is 10.4 Å². The molecule has 1 N–H and O–H groups in total. The predicted molar refractivity (Wildman–Crippen MR) is 149 cm³/mol. The van der Waals surface area contributed by atoms with Crippen LogP contribution in [0.15, 0.2) is 59.6 Å². The number of hydrogen-bond donors (Lipinski definition) is 1. The third-order valence-corrected chi connectivity index (χ3v) is 7.40. The number of hydrogen-bond acceptors (Lipinski definition) is 2. The van der Waals surface area contributed by atoms with Crippen molar-refractivity contribution in [2.24, 2.45) is 4.99 Å². The lowest BCUT2D eigenvalue weighted by molar-refractivity contribution is 0.456. The normalized spacial score (nSPS) is 19.6. The van der Waals surface area contributed by atoms with Crippen LogP contribution in [0.5, 0.6) is 0 Å². The smallest absolute Gasteiger partial charge is 0.173 e. The van der Waals surface area contributed by atoms with Gasteiger partial charge in [0, 0.05) is 22.8 Å². The van der Waals surface area contributed by atoms with E-state index >= 15 is 0 Å². The average Bonchev–Trinajstić information content (AvgIpc) is 3.17. The fourth-order valence-corrected chi connectivity index (χ4v) is 6.03. The highest BCUT2D eigenvalue weighted by Gasteiger charge is 2.56. The van der Waals surface area contributed by atoms with Crippen LogP contribution in [0.2, 0.25) is 0 Å². The first-order valence-corrected chi connectivity index (χ1v) is 12.6. The SMILES string of the molecule is Cc1cc(C)cc(N2C(=NC(C)C)C(=N)N3c4cc(-c5c(C)cccc5C)ccc4C(C)(C)C23)c1. The Balaban J connectivity index is 1.73. The van der Waals surface area contributed by atoms with Crippen LogP contribution in [0, 0.1) is 33.1 Å². The molecule has 1 unspecified atom stereocenters. The van der Waals surface area contributed by atoms with E-state index in [1.807, 2.05) is 0 Å². The maximum absolute atomic E-state index is 9.33. The van der Waals surface area contributed by atoms with Gasteiger partial charge in [0.25, 0.3) is 0 Å². The van der Waals surface area contributed by atoms with Crippen molar-refractivity contribution in [3.05, 3.63) is 82.4 Å². The number of nitrogens with zero attached hydrogens (tertiary/aromatic N) is 3. The minimum atomic E-state index is -0.202.